The summed E-state index contributed by atoms with van der Waals surface area (Å²) in [4.78, 5) is 33.5. The molecule has 0 aliphatic rings. The summed E-state index contributed by atoms with van der Waals surface area (Å²) in [6, 6.07) is 5.15. The zero-order valence-electron chi connectivity index (χ0n) is 11.2. The Labute approximate surface area is 126 Å². The van der Waals surface area contributed by atoms with Crippen molar-refractivity contribution in [1.29, 1.82) is 0 Å². The summed E-state index contributed by atoms with van der Waals surface area (Å²) >= 11 is 5.89. The Morgan fingerprint density at radius 3 is 2.52 bits per heavy atom. The predicted molar refractivity (Wildman–Crippen MR) is 74.9 cm³/mol. The largest absolute Gasteiger partial charge is 0.480 e. The number of carboxylic acids is 1. The molecule has 2 atom stereocenters. The first kappa shape index (κ1) is 16.8. The van der Waals surface area contributed by atoms with Crippen LogP contribution in [0.3, 0.4) is 0 Å². The molecular weight excluding hydrogens is 300 g/mol. The molecule has 0 aromatic heterocycles. The number of rotatable bonds is 7. The zero-order chi connectivity index (χ0) is 16.0. The van der Waals surface area contributed by atoms with Crippen LogP contribution in [0, 0.1) is 0 Å². The van der Waals surface area contributed by atoms with Crippen LogP contribution in [0.2, 0.25) is 5.02 Å². The van der Waals surface area contributed by atoms with Gasteiger partial charge in [-0.15, -0.1) is 0 Å². The predicted octanol–water partition coefficient (Wildman–Crippen LogP) is 0.552. The second-order valence-corrected chi connectivity index (χ2v) is 4.67. The van der Waals surface area contributed by atoms with Crippen LogP contribution in [0.25, 0.3) is 0 Å². The molecule has 0 radical (unpaired) electrons. The number of carboxylic acid groups (broad SMARTS) is 1. The first-order chi connectivity index (χ1) is 9.81. The Morgan fingerprint density at radius 1 is 1.38 bits per heavy atom. The molecule has 2 amide bonds. The third-order valence-corrected chi connectivity index (χ3v) is 2.84. The molecular formula is C13H15ClN2O5. The SMILES string of the molecule is CC(Oc1ccccc1Cl)C(=O)NC(CC(N)=O)C(=O)O. The molecule has 4 N–H and O–H groups in total. The number of carbonyl (C=O) groups is 3. The number of ether oxygens (including phenoxy) is 1. The molecule has 0 bridgehead atoms. The maximum Gasteiger partial charge on any atom is 0.326 e. The van der Waals surface area contributed by atoms with Gasteiger partial charge in [-0.1, -0.05) is 23.7 Å². The van der Waals surface area contributed by atoms with Crippen molar-refractivity contribution in [2.45, 2.75) is 25.5 Å². The maximum atomic E-state index is 11.9. The van der Waals surface area contributed by atoms with Crippen LogP contribution >= 0.6 is 11.6 Å². The van der Waals surface area contributed by atoms with Crippen LogP contribution in [0.4, 0.5) is 0 Å². The molecule has 0 spiro atoms. The zero-order valence-corrected chi connectivity index (χ0v) is 12.0. The number of para-hydroxylation sites is 1. The van der Waals surface area contributed by atoms with E-state index in [2.05, 4.69) is 5.32 Å². The molecule has 7 nitrogen and oxygen atoms in total. The minimum absolute atomic E-state index is 0.295. The van der Waals surface area contributed by atoms with Crippen LogP contribution in [0.1, 0.15) is 13.3 Å². The Bertz CT molecular complexity index is 549. The summed E-state index contributed by atoms with van der Waals surface area (Å²) in [5, 5.41) is 11.4. The fourth-order valence-electron chi connectivity index (χ4n) is 1.47. The van der Waals surface area contributed by atoms with Crippen LogP contribution in [0.5, 0.6) is 5.75 Å². The van der Waals surface area contributed by atoms with Gasteiger partial charge in [0, 0.05) is 0 Å². The van der Waals surface area contributed by atoms with Crippen molar-refractivity contribution in [3.8, 4) is 5.75 Å². The van der Waals surface area contributed by atoms with E-state index in [-0.39, 0.29) is 0 Å². The van der Waals surface area contributed by atoms with Crippen molar-refractivity contribution in [2.24, 2.45) is 5.73 Å². The van der Waals surface area contributed by atoms with E-state index in [1.807, 2.05) is 0 Å². The highest BCUT2D eigenvalue weighted by Gasteiger charge is 2.25. The van der Waals surface area contributed by atoms with Gasteiger partial charge >= 0.3 is 5.97 Å². The number of primary amides is 1. The fraction of sp³-hybridized carbons (Fsp3) is 0.308. The second kappa shape index (κ2) is 7.49. The molecule has 21 heavy (non-hydrogen) atoms. The minimum Gasteiger partial charge on any atom is -0.480 e. The molecule has 0 saturated heterocycles. The second-order valence-electron chi connectivity index (χ2n) is 4.26. The van der Waals surface area contributed by atoms with Crippen molar-refractivity contribution in [3.05, 3.63) is 29.3 Å². The lowest BCUT2D eigenvalue weighted by Crippen LogP contribution is -2.47. The fourth-order valence-corrected chi connectivity index (χ4v) is 1.65. The Balaban J connectivity index is 2.67. The lowest BCUT2D eigenvalue weighted by Gasteiger charge is -2.18. The van der Waals surface area contributed by atoms with Gasteiger partial charge in [0.2, 0.25) is 5.91 Å². The summed E-state index contributed by atoms with van der Waals surface area (Å²) in [5.41, 5.74) is 4.92. The molecule has 1 aromatic carbocycles. The third kappa shape index (κ3) is 5.31. The lowest BCUT2D eigenvalue weighted by molar-refractivity contribution is -0.144. The number of halogens is 1. The molecule has 1 rings (SSSR count). The van der Waals surface area contributed by atoms with Gasteiger partial charge in [0.1, 0.15) is 11.8 Å². The highest BCUT2D eigenvalue weighted by Crippen LogP contribution is 2.24. The van der Waals surface area contributed by atoms with Gasteiger partial charge in [0.05, 0.1) is 11.4 Å². The monoisotopic (exact) mass is 314 g/mol. The van der Waals surface area contributed by atoms with Crippen molar-refractivity contribution in [2.75, 3.05) is 0 Å². The van der Waals surface area contributed by atoms with Crippen LogP contribution in [0.15, 0.2) is 24.3 Å². The molecule has 0 aliphatic heterocycles. The maximum absolute atomic E-state index is 11.9. The molecule has 0 aliphatic carbocycles. The van der Waals surface area contributed by atoms with E-state index in [1.54, 1.807) is 24.3 Å². The van der Waals surface area contributed by atoms with E-state index >= 15 is 0 Å². The lowest BCUT2D eigenvalue weighted by atomic mass is 10.2. The average Bonchev–Trinajstić information content (AvgIpc) is 2.39. The molecule has 1 aromatic rings. The van der Waals surface area contributed by atoms with Crippen molar-refractivity contribution in [3.63, 3.8) is 0 Å². The van der Waals surface area contributed by atoms with Crippen LogP contribution in [-0.2, 0) is 14.4 Å². The van der Waals surface area contributed by atoms with Crippen LogP contribution in [-0.4, -0.2) is 35.0 Å². The minimum atomic E-state index is -1.40. The standard InChI is InChI=1S/C13H15ClN2O5/c1-7(21-10-5-3-2-4-8(10)14)12(18)16-9(13(19)20)6-11(15)17/h2-5,7,9H,6H2,1H3,(H2,15,17)(H,16,18)(H,19,20). The molecule has 2 unspecified atom stereocenters. The highest BCUT2D eigenvalue weighted by molar-refractivity contribution is 6.32. The Hall–Kier alpha value is -2.28. The van der Waals surface area contributed by atoms with E-state index < -0.39 is 36.4 Å². The summed E-state index contributed by atoms with van der Waals surface area (Å²) < 4.78 is 5.34. The van der Waals surface area contributed by atoms with Crippen molar-refractivity contribution < 1.29 is 24.2 Å². The van der Waals surface area contributed by atoms with Crippen molar-refractivity contribution in [1.82, 2.24) is 5.32 Å². The van der Waals surface area contributed by atoms with Gasteiger partial charge in [-0.2, -0.15) is 0 Å². The van der Waals surface area contributed by atoms with Gasteiger partial charge in [-0.3, -0.25) is 9.59 Å². The van der Waals surface area contributed by atoms with E-state index in [0.717, 1.165) is 0 Å². The summed E-state index contributed by atoms with van der Waals surface area (Å²) in [6.07, 6.45) is -1.49. The number of aliphatic carboxylic acids is 1. The summed E-state index contributed by atoms with van der Waals surface area (Å²) in [7, 11) is 0. The number of nitrogens with one attached hydrogen (secondary N) is 1. The summed E-state index contributed by atoms with van der Waals surface area (Å²) in [5.74, 6) is -2.58. The normalized spacial score (nSPS) is 13.0. The van der Waals surface area contributed by atoms with E-state index in [0.29, 0.717) is 10.8 Å². The van der Waals surface area contributed by atoms with Gasteiger partial charge < -0.3 is 20.9 Å². The van der Waals surface area contributed by atoms with Gasteiger partial charge in [-0.05, 0) is 19.1 Å². The average molecular weight is 315 g/mol. The quantitative estimate of drug-likeness (QED) is 0.679. The first-order valence-electron chi connectivity index (χ1n) is 6.04. The third-order valence-electron chi connectivity index (χ3n) is 2.53. The topological polar surface area (TPSA) is 119 Å². The number of hydrogen-bond donors (Lipinski definition) is 3. The van der Waals surface area contributed by atoms with E-state index in [1.165, 1.54) is 6.92 Å². The number of amides is 2. The van der Waals surface area contributed by atoms with Gasteiger partial charge in [-0.25, -0.2) is 4.79 Å². The Morgan fingerprint density at radius 2 is 2.00 bits per heavy atom. The van der Waals surface area contributed by atoms with Crippen LogP contribution < -0.4 is 15.8 Å². The van der Waals surface area contributed by atoms with E-state index in [4.69, 9.17) is 27.2 Å². The summed E-state index contributed by atoms with van der Waals surface area (Å²) in [6.45, 7) is 1.43. The molecule has 0 fully saturated rings. The molecule has 0 saturated carbocycles. The highest BCUT2D eigenvalue weighted by atomic mass is 35.5. The number of nitrogens with two attached hydrogens (primary N) is 1. The first-order valence-corrected chi connectivity index (χ1v) is 6.41. The number of carbonyl (C=O) groups excluding carboxylic acids is 2. The number of hydrogen-bond acceptors (Lipinski definition) is 4. The Kier molecular flexibility index (Phi) is 5.98. The van der Waals surface area contributed by atoms with Gasteiger partial charge in [0.25, 0.3) is 5.91 Å². The molecule has 8 heteroatoms. The molecule has 0 heterocycles. The molecule has 114 valence electrons. The van der Waals surface area contributed by atoms with Gasteiger partial charge in [0.15, 0.2) is 6.10 Å². The number of benzene rings is 1. The smallest absolute Gasteiger partial charge is 0.326 e. The van der Waals surface area contributed by atoms with E-state index in [9.17, 15) is 14.4 Å². The van der Waals surface area contributed by atoms with Crippen molar-refractivity contribution >= 4 is 29.4 Å².